The summed E-state index contributed by atoms with van der Waals surface area (Å²) in [5, 5.41) is 13.8. The Morgan fingerprint density at radius 3 is 2.79 bits per heavy atom. The van der Waals surface area contributed by atoms with Gasteiger partial charge in [0.15, 0.2) is 0 Å². The van der Waals surface area contributed by atoms with Gasteiger partial charge in [0.2, 0.25) is 0 Å². The van der Waals surface area contributed by atoms with Crippen LogP contribution in [0.3, 0.4) is 0 Å². The van der Waals surface area contributed by atoms with Gasteiger partial charge in [-0.05, 0) is 41.9 Å². The minimum absolute atomic E-state index is 0.0566. The second kappa shape index (κ2) is 5.40. The lowest BCUT2D eigenvalue weighted by Crippen LogP contribution is -2.07. The Bertz CT molecular complexity index is 612. The fourth-order valence-corrected chi connectivity index (χ4v) is 2.05. The highest BCUT2D eigenvalue weighted by atomic mass is 79.9. The molecule has 0 saturated carbocycles. The topological polar surface area (TPSA) is 81.2 Å². The highest BCUT2D eigenvalue weighted by molar-refractivity contribution is 9.10. The van der Waals surface area contributed by atoms with Crippen molar-refractivity contribution >= 4 is 27.4 Å². The number of anilines is 1. The van der Waals surface area contributed by atoms with Crippen LogP contribution in [0.25, 0.3) is 0 Å². The summed E-state index contributed by atoms with van der Waals surface area (Å²) >= 11 is 3.26. The first-order chi connectivity index (χ1) is 8.97. The molecule has 2 heterocycles. The molecular formula is C12H12BrN3O3. The van der Waals surface area contributed by atoms with Crippen molar-refractivity contribution in [1.29, 1.82) is 0 Å². The van der Waals surface area contributed by atoms with Gasteiger partial charge in [-0.15, -0.1) is 0 Å². The SMILES string of the molecule is Cc1ccc(C(C)Nc2ncc([N+](=O)[O-])cc2Br)o1. The first-order valence-corrected chi connectivity index (χ1v) is 6.39. The third-order valence-corrected chi connectivity index (χ3v) is 3.18. The number of rotatable bonds is 4. The van der Waals surface area contributed by atoms with Gasteiger partial charge in [0, 0.05) is 6.07 Å². The molecule has 0 radical (unpaired) electrons. The number of aryl methyl sites for hydroxylation is 1. The van der Waals surface area contributed by atoms with Crippen LogP contribution in [0.15, 0.2) is 33.3 Å². The van der Waals surface area contributed by atoms with Crippen LogP contribution in [0, 0.1) is 17.0 Å². The first kappa shape index (κ1) is 13.5. The number of nitro groups is 1. The van der Waals surface area contributed by atoms with Crippen LogP contribution in [-0.2, 0) is 0 Å². The van der Waals surface area contributed by atoms with Crippen LogP contribution in [0.2, 0.25) is 0 Å². The third-order valence-electron chi connectivity index (χ3n) is 2.58. The predicted octanol–water partition coefficient (Wildman–Crippen LogP) is 3.83. The number of nitrogens with one attached hydrogen (secondary N) is 1. The molecule has 100 valence electrons. The highest BCUT2D eigenvalue weighted by Crippen LogP contribution is 2.28. The van der Waals surface area contributed by atoms with E-state index in [0.29, 0.717) is 10.3 Å². The second-order valence-electron chi connectivity index (χ2n) is 4.10. The quantitative estimate of drug-likeness (QED) is 0.682. The van der Waals surface area contributed by atoms with Crippen molar-refractivity contribution in [1.82, 2.24) is 4.98 Å². The molecule has 0 saturated heterocycles. The van der Waals surface area contributed by atoms with Gasteiger partial charge in [-0.25, -0.2) is 4.98 Å². The van der Waals surface area contributed by atoms with Crippen molar-refractivity contribution < 1.29 is 9.34 Å². The molecule has 0 aliphatic carbocycles. The van der Waals surface area contributed by atoms with Gasteiger partial charge in [-0.3, -0.25) is 10.1 Å². The Kier molecular flexibility index (Phi) is 3.84. The van der Waals surface area contributed by atoms with Crippen LogP contribution in [-0.4, -0.2) is 9.91 Å². The lowest BCUT2D eigenvalue weighted by Gasteiger charge is -2.13. The molecular weight excluding hydrogens is 314 g/mol. The summed E-state index contributed by atoms with van der Waals surface area (Å²) in [5.74, 6) is 2.15. The van der Waals surface area contributed by atoms with E-state index in [9.17, 15) is 10.1 Å². The van der Waals surface area contributed by atoms with Crippen molar-refractivity contribution in [3.63, 3.8) is 0 Å². The van der Waals surface area contributed by atoms with E-state index in [-0.39, 0.29) is 11.7 Å². The zero-order valence-corrected chi connectivity index (χ0v) is 12.0. The number of aromatic nitrogens is 1. The van der Waals surface area contributed by atoms with E-state index in [4.69, 9.17) is 4.42 Å². The maximum atomic E-state index is 10.6. The summed E-state index contributed by atoms with van der Waals surface area (Å²) in [7, 11) is 0. The van der Waals surface area contributed by atoms with Gasteiger partial charge in [-0.2, -0.15) is 0 Å². The van der Waals surface area contributed by atoms with Crippen molar-refractivity contribution in [2.45, 2.75) is 19.9 Å². The number of furan rings is 1. The monoisotopic (exact) mass is 325 g/mol. The van der Waals surface area contributed by atoms with Crippen LogP contribution < -0.4 is 5.32 Å². The standard InChI is InChI=1S/C12H12BrN3O3/c1-7-3-4-11(19-7)8(2)15-12-10(13)5-9(6-14-12)16(17)18/h3-6,8H,1-2H3,(H,14,15). The summed E-state index contributed by atoms with van der Waals surface area (Å²) in [6, 6.07) is 5.09. The van der Waals surface area contributed by atoms with E-state index in [0.717, 1.165) is 11.5 Å². The van der Waals surface area contributed by atoms with Gasteiger partial charge in [0.25, 0.3) is 5.69 Å². The number of hydrogen-bond donors (Lipinski definition) is 1. The van der Waals surface area contributed by atoms with Gasteiger partial charge in [0.05, 0.1) is 15.4 Å². The van der Waals surface area contributed by atoms with E-state index in [1.54, 1.807) is 0 Å². The average Bonchev–Trinajstić information content (AvgIpc) is 2.78. The number of pyridine rings is 1. The third kappa shape index (κ3) is 3.11. The van der Waals surface area contributed by atoms with Gasteiger partial charge < -0.3 is 9.73 Å². The van der Waals surface area contributed by atoms with E-state index in [1.807, 2.05) is 26.0 Å². The molecule has 0 aromatic carbocycles. The molecule has 1 unspecified atom stereocenters. The van der Waals surface area contributed by atoms with E-state index < -0.39 is 4.92 Å². The summed E-state index contributed by atoms with van der Waals surface area (Å²) in [5.41, 5.74) is -0.0566. The Labute approximate surface area is 118 Å². The smallest absolute Gasteiger partial charge is 0.288 e. The Hall–Kier alpha value is -1.89. The normalized spacial score (nSPS) is 12.2. The number of hydrogen-bond acceptors (Lipinski definition) is 5. The average molecular weight is 326 g/mol. The van der Waals surface area contributed by atoms with Crippen molar-refractivity contribution in [2.24, 2.45) is 0 Å². The largest absolute Gasteiger partial charge is 0.464 e. The lowest BCUT2D eigenvalue weighted by atomic mass is 10.2. The molecule has 0 amide bonds. The van der Waals surface area contributed by atoms with E-state index in [1.165, 1.54) is 12.3 Å². The Balaban J connectivity index is 2.17. The van der Waals surface area contributed by atoms with Crippen molar-refractivity contribution in [3.05, 3.63) is 50.5 Å². The van der Waals surface area contributed by atoms with Crippen molar-refractivity contribution in [3.8, 4) is 0 Å². The Morgan fingerprint density at radius 1 is 1.53 bits per heavy atom. The molecule has 1 N–H and O–H groups in total. The zero-order valence-electron chi connectivity index (χ0n) is 10.4. The van der Waals surface area contributed by atoms with Crippen LogP contribution >= 0.6 is 15.9 Å². The molecule has 19 heavy (non-hydrogen) atoms. The van der Waals surface area contributed by atoms with Crippen LogP contribution in [0.1, 0.15) is 24.5 Å². The second-order valence-corrected chi connectivity index (χ2v) is 4.95. The zero-order chi connectivity index (χ0) is 14.0. The molecule has 0 aliphatic heterocycles. The van der Waals surface area contributed by atoms with E-state index in [2.05, 4.69) is 26.2 Å². The molecule has 6 nitrogen and oxygen atoms in total. The summed E-state index contributed by atoms with van der Waals surface area (Å²) < 4.78 is 6.04. The fraction of sp³-hybridized carbons (Fsp3) is 0.250. The molecule has 0 fully saturated rings. The van der Waals surface area contributed by atoms with Gasteiger partial charge >= 0.3 is 0 Å². The maximum absolute atomic E-state index is 10.6. The summed E-state index contributed by atoms with van der Waals surface area (Å²) in [4.78, 5) is 14.2. The molecule has 2 aromatic rings. The van der Waals surface area contributed by atoms with Crippen LogP contribution in [0.4, 0.5) is 11.5 Å². The van der Waals surface area contributed by atoms with Crippen molar-refractivity contribution in [2.75, 3.05) is 5.32 Å². The van der Waals surface area contributed by atoms with Gasteiger partial charge in [-0.1, -0.05) is 0 Å². The maximum Gasteiger partial charge on any atom is 0.288 e. The first-order valence-electron chi connectivity index (χ1n) is 5.60. The fourth-order valence-electron chi connectivity index (χ4n) is 1.60. The van der Waals surface area contributed by atoms with Gasteiger partial charge in [0.1, 0.15) is 23.5 Å². The van der Waals surface area contributed by atoms with Crippen LogP contribution in [0.5, 0.6) is 0 Å². The minimum atomic E-state index is -0.485. The molecule has 7 heteroatoms. The molecule has 0 bridgehead atoms. The molecule has 2 aromatic heterocycles. The molecule has 0 aliphatic rings. The Morgan fingerprint density at radius 2 is 2.26 bits per heavy atom. The minimum Gasteiger partial charge on any atom is -0.464 e. The molecule has 2 rings (SSSR count). The highest BCUT2D eigenvalue weighted by Gasteiger charge is 2.14. The molecule has 0 spiro atoms. The molecule has 1 atom stereocenters. The predicted molar refractivity (Wildman–Crippen MR) is 74.1 cm³/mol. The summed E-state index contributed by atoms with van der Waals surface area (Å²) in [6.07, 6.45) is 1.22. The van der Waals surface area contributed by atoms with E-state index >= 15 is 0 Å². The lowest BCUT2D eigenvalue weighted by molar-refractivity contribution is -0.385. The summed E-state index contributed by atoms with van der Waals surface area (Å²) in [6.45, 7) is 3.80. The number of halogens is 1. The number of nitrogens with zero attached hydrogens (tertiary/aromatic N) is 2.